The third-order valence-electron chi connectivity index (χ3n) is 2.00. The van der Waals surface area contributed by atoms with Crippen LogP contribution < -0.4 is 5.32 Å². The second-order valence-electron chi connectivity index (χ2n) is 3.13. The Balaban J connectivity index is 2.56. The molecule has 1 aromatic rings. The van der Waals surface area contributed by atoms with Gasteiger partial charge in [0, 0.05) is 12.6 Å². The molecule has 0 bridgehead atoms. The lowest BCUT2D eigenvalue weighted by atomic mass is 10.2. The van der Waals surface area contributed by atoms with Gasteiger partial charge < -0.3 is 5.32 Å². The van der Waals surface area contributed by atoms with Crippen LogP contribution in [0.1, 0.15) is 12.8 Å². The van der Waals surface area contributed by atoms with Gasteiger partial charge in [-0.05, 0) is 24.7 Å². The van der Waals surface area contributed by atoms with E-state index in [2.05, 4.69) is 17.9 Å². The highest BCUT2D eigenvalue weighted by Crippen LogP contribution is 2.22. The summed E-state index contributed by atoms with van der Waals surface area (Å²) in [7, 11) is 0. The lowest BCUT2D eigenvalue weighted by molar-refractivity contribution is -0.384. The number of nitro benzene ring substituents is 1. The van der Waals surface area contributed by atoms with Crippen LogP contribution in [-0.4, -0.2) is 17.2 Å². The van der Waals surface area contributed by atoms with Crippen molar-refractivity contribution in [3.8, 4) is 0 Å². The van der Waals surface area contributed by atoms with Crippen molar-refractivity contribution in [2.45, 2.75) is 12.8 Å². The van der Waals surface area contributed by atoms with E-state index in [-0.39, 0.29) is 10.6 Å². The number of hydrogen-bond donors (Lipinski definition) is 2. The zero-order valence-electron chi connectivity index (χ0n) is 8.35. The van der Waals surface area contributed by atoms with Crippen molar-refractivity contribution in [1.29, 1.82) is 0 Å². The molecule has 5 heteroatoms. The number of thiol groups is 1. The quantitative estimate of drug-likeness (QED) is 0.339. The van der Waals surface area contributed by atoms with Crippen LogP contribution in [0.15, 0.2) is 24.3 Å². The summed E-state index contributed by atoms with van der Waals surface area (Å²) in [6.45, 7) is 0.741. The summed E-state index contributed by atoms with van der Waals surface area (Å²) in [6, 6.07) is 6.67. The summed E-state index contributed by atoms with van der Waals surface area (Å²) in [5.41, 5.74) is 0.713. The van der Waals surface area contributed by atoms with Crippen molar-refractivity contribution < 1.29 is 4.92 Å². The fraction of sp³-hybridized carbons (Fsp3) is 0.400. The first-order valence-electron chi connectivity index (χ1n) is 4.84. The topological polar surface area (TPSA) is 55.2 Å². The Kier molecular flexibility index (Phi) is 4.97. The first-order valence-corrected chi connectivity index (χ1v) is 5.47. The van der Waals surface area contributed by atoms with E-state index in [1.807, 2.05) is 0 Å². The van der Waals surface area contributed by atoms with Crippen molar-refractivity contribution in [2.24, 2.45) is 0 Å². The van der Waals surface area contributed by atoms with Gasteiger partial charge in [-0.1, -0.05) is 12.1 Å². The number of rotatable bonds is 6. The van der Waals surface area contributed by atoms with E-state index in [9.17, 15) is 10.1 Å². The summed E-state index contributed by atoms with van der Waals surface area (Å²) in [6.07, 6.45) is 1.98. The highest BCUT2D eigenvalue weighted by Gasteiger charge is 2.10. The smallest absolute Gasteiger partial charge is 0.292 e. The molecule has 1 rings (SSSR count). The third-order valence-corrected chi connectivity index (χ3v) is 2.32. The van der Waals surface area contributed by atoms with Gasteiger partial charge >= 0.3 is 0 Å². The van der Waals surface area contributed by atoms with Crippen LogP contribution in [0.2, 0.25) is 0 Å². The van der Waals surface area contributed by atoms with Crippen molar-refractivity contribution in [1.82, 2.24) is 0 Å². The molecule has 4 nitrogen and oxygen atoms in total. The number of nitrogens with one attached hydrogen (secondary N) is 1. The van der Waals surface area contributed by atoms with E-state index in [0.717, 1.165) is 25.1 Å². The third kappa shape index (κ3) is 3.79. The van der Waals surface area contributed by atoms with Crippen LogP contribution in [0.5, 0.6) is 0 Å². The highest BCUT2D eigenvalue weighted by atomic mass is 32.1. The number of nitro groups is 1. The maximum atomic E-state index is 10.7. The Morgan fingerprint density at radius 1 is 1.33 bits per heavy atom. The van der Waals surface area contributed by atoms with Gasteiger partial charge in [0.25, 0.3) is 5.69 Å². The predicted molar refractivity (Wildman–Crippen MR) is 64.7 cm³/mol. The van der Waals surface area contributed by atoms with E-state index in [0.29, 0.717) is 5.69 Å². The summed E-state index contributed by atoms with van der Waals surface area (Å²) in [4.78, 5) is 10.3. The summed E-state index contributed by atoms with van der Waals surface area (Å²) >= 11 is 4.10. The molecule has 0 radical (unpaired) electrons. The van der Waals surface area contributed by atoms with Crippen molar-refractivity contribution in [2.75, 3.05) is 17.6 Å². The Labute approximate surface area is 94.2 Å². The molecule has 0 saturated carbocycles. The van der Waals surface area contributed by atoms with Gasteiger partial charge in [-0.3, -0.25) is 10.1 Å². The molecule has 0 amide bonds. The van der Waals surface area contributed by atoms with Crippen LogP contribution >= 0.6 is 12.6 Å². The van der Waals surface area contributed by atoms with Gasteiger partial charge in [0.2, 0.25) is 0 Å². The largest absolute Gasteiger partial charge is 0.379 e. The minimum atomic E-state index is -0.374. The van der Waals surface area contributed by atoms with Gasteiger partial charge in [0.15, 0.2) is 0 Å². The van der Waals surface area contributed by atoms with Crippen LogP contribution in [0, 0.1) is 10.1 Å². The lowest BCUT2D eigenvalue weighted by Crippen LogP contribution is -2.04. The lowest BCUT2D eigenvalue weighted by Gasteiger charge is -2.05. The second-order valence-corrected chi connectivity index (χ2v) is 3.58. The molecule has 0 aliphatic rings. The first kappa shape index (κ1) is 11.8. The summed E-state index contributed by atoms with van der Waals surface area (Å²) < 4.78 is 0. The standard InChI is InChI=1S/C10H14N2O2S/c13-12(14)10-6-2-1-5-9(10)11-7-3-4-8-15/h1-2,5-6,11,15H,3-4,7-8H2. The number of hydrogen-bond acceptors (Lipinski definition) is 4. The van der Waals surface area contributed by atoms with E-state index in [1.165, 1.54) is 6.07 Å². The average molecular weight is 226 g/mol. The second kappa shape index (κ2) is 6.29. The first-order chi connectivity index (χ1) is 7.25. The molecular formula is C10H14N2O2S. The number of anilines is 1. The molecule has 0 aromatic heterocycles. The minimum Gasteiger partial charge on any atom is -0.379 e. The van der Waals surface area contributed by atoms with Crippen LogP contribution in [0.4, 0.5) is 11.4 Å². The minimum absolute atomic E-state index is 0.128. The predicted octanol–water partition coefficient (Wildman–Crippen LogP) is 2.72. The molecule has 0 aliphatic carbocycles. The molecule has 0 spiro atoms. The normalized spacial score (nSPS) is 9.93. The van der Waals surface area contributed by atoms with E-state index >= 15 is 0 Å². The molecule has 0 fully saturated rings. The van der Waals surface area contributed by atoms with Crippen molar-refractivity contribution in [3.05, 3.63) is 34.4 Å². The number of para-hydroxylation sites is 2. The molecule has 1 N–H and O–H groups in total. The highest BCUT2D eigenvalue weighted by molar-refractivity contribution is 7.80. The Bertz CT molecular complexity index is 331. The van der Waals surface area contributed by atoms with Gasteiger partial charge in [0.05, 0.1) is 4.92 Å². The maximum absolute atomic E-state index is 10.7. The molecule has 0 saturated heterocycles. The van der Waals surface area contributed by atoms with E-state index in [1.54, 1.807) is 18.2 Å². The Morgan fingerprint density at radius 3 is 2.73 bits per heavy atom. The van der Waals surface area contributed by atoms with Crippen molar-refractivity contribution >= 4 is 24.0 Å². The van der Waals surface area contributed by atoms with Gasteiger partial charge in [-0.25, -0.2) is 0 Å². The van der Waals surface area contributed by atoms with Crippen LogP contribution in [0.3, 0.4) is 0 Å². The summed E-state index contributed by atoms with van der Waals surface area (Å²) in [5.74, 6) is 0.846. The van der Waals surface area contributed by atoms with Gasteiger partial charge in [0.1, 0.15) is 5.69 Å². The fourth-order valence-electron chi connectivity index (χ4n) is 1.24. The molecular weight excluding hydrogens is 212 g/mol. The fourth-order valence-corrected chi connectivity index (χ4v) is 1.47. The Hall–Kier alpha value is -1.23. The van der Waals surface area contributed by atoms with Gasteiger partial charge in [-0.15, -0.1) is 0 Å². The van der Waals surface area contributed by atoms with Crippen LogP contribution in [-0.2, 0) is 0 Å². The SMILES string of the molecule is O=[N+]([O-])c1ccccc1NCCCCS. The molecule has 0 unspecified atom stereocenters. The van der Waals surface area contributed by atoms with Crippen molar-refractivity contribution in [3.63, 3.8) is 0 Å². The zero-order chi connectivity index (χ0) is 11.1. The molecule has 0 atom stereocenters. The average Bonchev–Trinajstić information content (AvgIpc) is 2.25. The number of unbranched alkanes of at least 4 members (excludes halogenated alkanes) is 1. The van der Waals surface area contributed by atoms with E-state index < -0.39 is 0 Å². The van der Waals surface area contributed by atoms with Gasteiger partial charge in [-0.2, -0.15) is 12.6 Å². The maximum Gasteiger partial charge on any atom is 0.292 e. The zero-order valence-corrected chi connectivity index (χ0v) is 9.24. The molecule has 15 heavy (non-hydrogen) atoms. The molecule has 0 heterocycles. The number of benzene rings is 1. The molecule has 1 aromatic carbocycles. The monoisotopic (exact) mass is 226 g/mol. The Morgan fingerprint density at radius 2 is 2.07 bits per heavy atom. The molecule has 0 aliphatic heterocycles. The number of nitrogens with zero attached hydrogens (tertiary/aromatic N) is 1. The van der Waals surface area contributed by atoms with Crippen LogP contribution in [0.25, 0.3) is 0 Å². The summed E-state index contributed by atoms with van der Waals surface area (Å²) in [5, 5.41) is 13.7. The van der Waals surface area contributed by atoms with E-state index in [4.69, 9.17) is 0 Å². The molecule has 82 valence electrons.